The van der Waals surface area contributed by atoms with Gasteiger partial charge in [-0.05, 0) is 55.9 Å². The van der Waals surface area contributed by atoms with Crippen molar-refractivity contribution in [3.05, 3.63) is 42.5 Å². The van der Waals surface area contributed by atoms with E-state index in [2.05, 4.69) is 10.2 Å². The molecule has 1 saturated heterocycles. The zero-order chi connectivity index (χ0) is 17.1. The SMILES string of the molecule is O=C(c1ccc(-n2cnnc2)cc1)N(CC1CCC1)CC1CCCO1. The van der Waals surface area contributed by atoms with E-state index in [1.165, 1.54) is 19.3 Å². The van der Waals surface area contributed by atoms with Gasteiger partial charge in [0.15, 0.2) is 0 Å². The van der Waals surface area contributed by atoms with Crippen LogP contribution in [0.1, 0.15) is 42.5 Å². The number of hydrogen-bond acceptors (Lipinski definition) is 4. The Hall–Kier alpha value is -2.21. The van der Waals surface area contributed by atoms with E-state index in [-0.39, 0.29) is 12.0 Å². The van der Waals surface area contributed by atoms with E-state index in [1.807, 2.05) is 33.7 Å². The summed E-state index contributed by atoms with van der Waals surface area (Å²) in [5.41, 5.74) is 1.68. The van der Waals surface area contributed by atoms with Gasteiger partial charge in [-0.3, -0.25) is 9.36 Å². The summed E-state index contributed by atoms with van der Waals surface area (Å²) in [6.45, 7) is 2.39. The van der Waals surface area contributed by atoms with E-state index in [0.29, 0.717) is 12.5 Å². The predicted molar refractivity (Wildman–Crippen MR) is 93.6 cm³/mol. The second-order valence-electron chi connectivity index (χ2n) is 7.06. The maximum atomic E-state index is 13.0. The minimum Gasteiger partial charge on any atom is -0.376 e. The van der Waals surface area contributed by atoms with Gasteiger partial charge in [0.2, 0.25) is 0 Å². The summed E-state index contributed by atoms with van der Waals surface area (Å²) in [4.78, 5) is 15.1. The monoisotopic (exact) mass is 340 g/mol. The molecule has 2 aromatic rings. The Labute approximate surface area is 147 Å². The Morgan fingerprint density at radius 2 is 1.84 bits per heavy atom. The van der Waals surface area contributed by atoms with E-state index in [9.17, 15) is 4.79 Å². The molecular weight excluding hydrogens is 316 g/mol. The van der Waals surface area contributed by atoms with E-state index < -0.39 is 0 Å². The van der Waals surface area contributed by atoms with Crippen molar-refractivity contribution in [1.82, 2.24) is 19.7 Å². The molecule has 1 atom stereocenters. The normalized spacial score (nSPS) is 20.4. The van der Waals surface area contributed by atoms with Gasteiger partial charge in [-0.1, -0.05) is 6.42 Å². The van der Waals surface area contributed by atoms with Gasteiger partial charge in [0.05, 0.1) is 6.10 Å². The summed E-state index contributed by atoms with van der Waals surface area (Å²) in [5, 5.41) is 7.63. The molecule has 0 radical (unpaired) electrons. The first-order valence-corrected chi connectivity index (χ1v) is 9.15. The molecule has 4 rings (SSSR count). The molecule has 0 N–H and O–H groups in total. The highest BCUT2D eigenvalue weighted by molar-refractivity contribution is 5.94. The number of hydrogen-bond donors (Lipinski definition) is 0. The van der Waals surface area contributed by atoms with Gasteiger partial charge in [0.25, 0.3) is 5.91 Å². The van der Waals surface area contributed by atoms with Crippen molar-refractivity contribution in [3.8, 4) is 5.69 Å². The fourth-order valence-electron chi connectivity index (χ4n) is 3.55. The zero-order valence-electron chi connectivity index (χ0n) is 14.4. The molecule has 132 valence electrons. The van der Waals surface area contributed by atoms with Crippen LogP contribution in [-0.2, 0) is 4.74 Å². The van der Waals surface area contributed by atoms with Crippen LogP contribution >= 0.6 is 0 Å². The van der Waals surface area contributed by atoms with Gasteiger partial charge in [-0.15, -0.1) is 10.2 Å². The smallest absolute Gasteiger partial charge is 0.253 e. The van der Waals surface area contributed by atoms with Crippen molar-refractivity contribution in [1.29, 1.82) is 0 Å². The minimum absolute atomic E-state index is 0.109. The molecule has 1 saturated carbocycles. The quantitative estimate of drug-likeness (QED) is 0.811. The third-order valence-electron chi connectivity index (χ3n) is 5.27. The number of carbonyl (C=O) groups excluding carboxylic acids is 1. The second-order valence-corrected chi connectivity index (χ2v) is 7.06. The van der Waals surface area contributed by atoms with Crippen LogP contribution in [0.5, 0.6) is 0 Å². The molecule has 1 unspecified atom stereocenters. The summed E-state index contributed by atoms with van der Waals surface area (Å²) in [6, 6.07) is 7.65. The van der Waals surface area contributed by atoms with E-state index in [1.54, 1.807) is 12.7 Å². The van der Waals surface area contributed by atoms with Gasteiger partial charge in [-0.25, -0.2) is 0 Å². The molecule has 2 heterocycles. The maximum Gasteiger partial charge on any atom is 0.253 e. The molecule has 6 nitrogen and oxygen atoms in total. The molecule has 2 fully saturated rings. The summed E-state index contributed by atoms with van der Waals surface area (Å²) in [7, 11) is 0. The summed E-state index contributed by atoms with van der Waals surface area (Å²) in [6.07, 6.45) is 9.42. The average Bonchev–Trinajstić information content (AvgIpc) is 3.30. The van der Waals surface area contributed by atoms with Crippen LogP contribution < -0.4 is 0 Å². The topological polar surface area (TPSA) is 60.2 Å². The van der Waals surface area contributed by atoms with Crippen LogP contribution in [0.3, 0.4) is 0 Å². The van der Waals surface area contributed by atoms with Crippen molar-refractivity contribution in [2.24, 2.45) is 5.92 Å². The molecule has 1 aromatic heterocycles. The molecule has 6 heteroatoms. The van der Waals surface area contributed by atoms with Gasteiger partial charge in [-0.2, -0.15) is 0 Å². The molecule has 1 aromatic carbocycles. The number of nitrogens with zero attached hydrogens (tertiary/aromatic N) is 4. The van der Waals surface area contributed by atoms with Crippen molar-refractivity contribution in [3.63, 3.8) is 0 Å². The van der Waals surface area contributed by atoms with Crippen LogP contribution in [0, 0.1) is 5.92 Å². The highest BCUT2D eigenvalue weighted by Gasteiger charge is 2.28. The fourth-order valence-corrected chi connectivity index (χ4v) is 3.55. The maximum absolute atomic E-state index is 13.0. The van der Waals surface area contributed by atoms with Gasteiger partial charge in [0, 0.05) is 30.9 Å². The molecule has 2 aliphatic rings. The number of benzene rings is 1. The number of rotatable bonds is 6. The average molecular weight is 340 g/mol. The predicted octanol–water partition coefficient (Wildman–Crippen LogP) is 2.69. The van der Waals surface area contributed by atoms with Crippen molar-refractivity contribution < 1.29 is 9.53 Å². The first-order chi connectivity index (χ1) is 12.3. The number of aromatic nitrogens is 3. The second kappa shape index (κ2) is 7.35. The van der Waals surface area contributed by atoms with Crippen molar-refractivity contribution in [2.45, 2.75) is 38.2 Å². The molecular formula is C19H24N4O2. The first-order valence-electron chi connectivity index (χ1n) is 9.15. The van der Waals surface area contributed by atoms with E-state index in [4.69, 9.17) is 4.74 Å². The fraction of sp³-hybridized carbons (Fsp3) is 0.526. The van der Waals surface area contributed by atoms with Gasteiger partial charge in [0.1, 0.15) is 12.7 Å². The number of carbonyl (C=O) groups is 1. The molecule has 25 heavy (non-hydrogen) atoms. The Kier molecular flexibility index (Phi) is 4.78. The standard InChI is InChI=1S/C19H24N4O2/c24-19(16-6-8-17(9-7-16)23-13-20-21-14-23)22(11-15-3-1-4-15)12-18-5-2-10-25-18/h6-9,13-15,18H,1-5,10-12H2. The Morgan fingerprint density at radius 1 is 1.08 bits per heavy atom. The van der Waals surface area contributed by atoms with E-state index >= 15 is 0 Å². The molecule has 1 aliphatic heterocycles. The molecule has 0 bridgehead atoms. The number of amides is 1. The van der Waals surface area contributed by atoms with Crippen LogP contribution in [0.2, 0.25) is 0 Å². The molecule has 0 spiro atoms. The van der Waals surface area contributed by atoms with Crippen LogP contribution in [0.4, 0.5) is 0 Å². The lowest BCUT2D eigenvalue weighted by molar-refractivity contribution is 0.0448. The highest BCUT2D eigenvalue weighted by atomic mass is 16.5. The van der Waals surface area contributed by atoms with Crippen molar-refractivity contribution in [2.75, 3.05) is 19.7 Å². The lowest BCUT2D eigenvalue weighted by Crippen LogP contribution is -2.41. The highest BCUT2D eigenvalue weighted by Crippen LogP contribution is 2.28. The zero-order valence-corrected chi connectivity index (χ0v) is 14.4. The Bertz CT molecular complexity index is 689. The summed E-state index contributed by atoms with van der Waals surface area (Å²) in [5.74, 6) is 0.763. The van der Waals surface area contributed by atoms with Gasteiger partial charge >= 0.3 is 0 Å². The summed E-state index contributed by atoms with van der Waals surface area (Å²) >= 11 is 0. The third kappa shape index (κ3) is 3.74. The molecule has 1 amide bonds. The largest absolute Gasteiger partial charge is 0.376 e. The molecule has 1 aliphatic carbocycles. The summed E-state index contributed by atoms with van der Waals surface area (Å²) < 4.78 is 7.59. The van der Waals surface area contributed by atoms with Gasteiger partial charge < -0.3 is 9.64 Å². The van der Waals surface area contributed by atoms with Crippen LogP contribution in [-0.4, -0.2) is 51.4 Å². The Morgan fingerprint density at radius 3 is 2.44 bits per heavy atom. The minimum atomic E-state index is 0.109. The van der Waals surface area contributed by atoms with E-state index in [0.717, 1.165) is 37.2 Å². The number of ether oxygens (including phenoxy) is 1. The lowest BCUT2D eigenvalue weighted by Gasteiger charge is -2.33. The van der Waals surface area contributed by atoms with Crippen LogP contribution in [0.25, 0.3) is 5.69 Å². The first kappa shape index (κ1) is 16.3. The lowest BCUT2D eigenvalue weighted by atomic mass is 9.85. The Balaban J connectivity index is 1.47. The van der Waals surface area contributed by atoms with Crippen LogP contribution in [0.15, 0.2) is 36.9 Å². The third-order valence-corrected chi connectivity index (χ3v) is 5.27. The van der Waals surface area contributed by atoms with Crippen molar-refractivity contribution >= 4 is 5.91 Å².